The second-order valence-electron chi connectivity index (χ2n) is 3.97. The minimum atomic E-state index is -0.0394. The number of aliphatic hydroxyl groups excluding tert-OH is 1. The lowest BCUT2D eigenvalue weighted by molar-refractivity contribution is 0.0922. The lowest BCUT2D eigenvalue weighted by Gasteiger charge is -2.09. The van der Waals surface area contributed by atoms with Crippen molar-refractivity contribution in [1.29, 1.82) is 0 Å². The summed E-state index contributed by atoms with van der Waals surface area (Å²) in [6.45, 7) is 3.26. The molecule has 18 heavy (non-hydrogen) atoms. The predicted molar refractivity (Wildman–Crippen MR) is 71.9 cm³/mol. The van der Waals surface area contributed by atoms with E-state index in [4.69, 9.17) is 15.6 Å². The van der Waals surface area contributed by atoms with Crippen molar-refractivity contribution in [2.75, 3.05) is 37.4 Å². The van der Waals surface area contributed by atoms with Crippen LogP contribution in [0.2, 0.25) is 0 Å². The second-order valence-corrected chi connectivity index (χ2v) is 3.97. The largest absolute Gasteiger partial charge is 0.398 e. The number of anilines is 2. The normalized spacial score (nSPS) is 10.3. The molecule has 0 aliphatic rings. The number of rotatable bonds is 8. The number of carbonyl (C=O) groups is 1. The number of hydrogen-bond acceptors (Lipinski definition) is 5. The molecule has 0 saturated carbocycles. The maximum atomic E-state index is 11.3. The molecule has 100 valence electrons. The fourth-order valence-corrected chi connectivity index (χ4v) is 1.54. The summed E-state index contributed by atoms with van der Waals surface area (Å²) in [4.78, 5) is 11.3. The minimum Gasteiger partial charge on any atom is -0.398 e. The van der Waals surface area contributed by atoms with E-state index >= 15 is 0 Å². The van der Waals surface area contributed by atoms with Crippen LogP contribution in [-0.2, 0) is 4.74 Å². The average Bonchev–Trinajstić information content (AvgIpc) is 2.35. The van der Waals surface area contributed by atoms with E-state index in [1.54, 1.807) is 12.1 Å². The van der Waals surface area contributed by atoms with Gasteiger partial charge in [-0.1, -0.05) is 0 Å². The second kappa shape index (κ2) is 7.68. The summed E-state index contributed by atoms with van der Waals surface area (Å²) in [5.41, 5.74) is 7.62. The van der Waals surface area contributed by atoms with Crippen LogP contribution in [0.15, 0.2) is 18.2 Å². The van der Waals surface area contributed by atoms with E-state index in [-0.39, 0.29) is 12.4 Å². The zero-order valence-electron chi connectivity index (χ0n) is 10.6. The Morgan fingerprint density at radius 3 is 2.89 bits per heavy atom. The summed E-state index contributed by atoms with van der Waals surface area (Å²) < 4.78 is 5.14. The summed E-state index contributed by atoms with van der Waals surface area (Å²) >= 11 is 0. The fraction of sp³-hybridized carbons (Fsp3) is 0.462. The Balaban J connectivity index is 2.38. The highest BCUT2D eigenvalue weighted by molar-refractivity contribution is 5.99. The molecule has 5 nitrogen and oxygen atoms in total. The van der Waals surface area contributed by atoms with Gasteiger partial charge in [0, 0.05) is 30.1 Å². The third kappa shape index (κ3) is 4.73. The first-order valence-corrected chi connectivity index (χ1v) is 5.98. The predicted octanol–water partition coefficient (Wildman–Crippen LogP) is 1.28. The van der Waals surface area contributed by atoms with Crippen LogP contribution in [-0.4, -0.2) is 37.3 Å². The number of aliphatic hydroxyl groups is 1. The topological polar surface area (TPSA) is 84.6 Å². The van der Waals surface area contributed by atoms with Gasteiger partial charge < -0.3 is 20.9 Å². The van der Waals surface area contributed by atoms with Gasteiger partial charge in [0.15, 0.2) is 5.78 Å². The lowest BCUT2D eigenvalue weighted by atomic mass is 10.1. The van der Waals surface area contributed by atoms with Gasteiger partial charge in [-0.15, -0.1) is 0 Å². The summed E-state index contributed by atoms with van der Waals surface area (Å²) in [6.07, 6.45) is 0.833. The number of nitrogens with one attached hydrogen (secondary N) is 1. The molecule has 0 heterocycles. The van der Waals surface area contributed by atoms with Crippen LogP contribution in [0.1, 0.15) is 23.7 Å². The van der Waals surface area contributed by atoms with Gasteiger partial charge in [0.25, 0.3) is 0 Å². The molecular formula is C13H20N2O3. The van der Waals surface area contributed by atoms with Crippen LogP contribution in [0.3, 0.4) is 0 Å². The Bertz CT molecular complexity index is 394. The van der Waals surface area contributed by atoms with E-state index in [2.05, 4.69) is 5.32 Å². The van der Waals surface area contributed by atoms with Crippen molar-refractivity contribution in [1.82, 2.24) is 0 Å². The number of carbonyl (C=O) groups excluding carboxylic acids is 1. The van der Waals surface area contributed by atoms with Crippen molar-refractivity contribution in [3.8, 4) is 0 Å². The van der Waals surface area contributed by atoms with E-state index in [0.717, 1.165) is 18.7 Å². The van der Waals surface area contributed by atoms with E-state index in [0.29, 0.717) is 24.5 Å². The van der Waals surface area contributed by atoms with Crippen molar-refractivity contribution in [2.24, 2.45) is 0 Å². The number of ether oxygens (including phenoxy) is 1. The molecule has 4 N–H and O–H groups in total. The lowest BCUT2D eigenvalue weighted by Crippen LogP contribution is -2.08. The standard InChI is InChI=1S/C13H20N2O3/c1-10(17)12-9-11(3-4-13(12)14)15-5-2-7-18-8-6-16/h3-4,9,15-16H,2,5-8,14H2,1H3. The number of nitrogen functional groups attached to an aromatic ring is 1. The van der Waals surface area contributed by atoms with Gasteiger partial charge in [-0.25, -0.2) is 0 Å². The van der Waals surface area contributed by atoms with Crippen LogP contribution in [0.25, 0.3) is 0 Å². The van der Waals surface area contributed by atoms with Crippen LogP contribution in [0, 0.1) is 0 Å². The van der Waals surface area contributed by atoms with Crippen LogP contribution in [0.4, 0.5) is 11.4 Å². The number of nitrogens with two attached hydrogens (primary N) is 1. The Kier molecular flexibility index (Phi) is 6.18. The van der Waals surface area contributed by atoms with Crippen LogP contribution in [0.5, 0.6) is 0 Å². The first-order valence-electron chi connectivity index (χ1n) is 5.98. The van der Waals surface area contributed by atoms with Crippen LogP contribution < -0.4 is 11.1 Å². The van der Waals surface area contributed by atoms with E-state index in [9.17, 15) is 4.79 Å². The summed E-state index contributed by atoms with van der Waals surface area (Å²) in [7, 11) is 0. The first-order chi connectivity index (χ1) is 8.65. The average molecular weight is 252 g/mol. The maximum absolute atomic E-state index is 11.3. The highest BCUT2D eigenvalue weighted by Crippen LogP contribution is 2.18. The minimum absolute atomic E-state index is 0.0394. The smallest absolute Gasteiger partial charge is 0.161 e. The van der Waals surface area contributed by atoms with Crippen molar-refractivity contribution in [3.05, 3.63) is 23.8 Å². The van der Waals surface area contributed by atoms with Crippen molar-refractivity contribution in [2.45, 2.75) is 13.3 Å². The van der Waals surface area contributed by atoms with Gasteiger partial charge in [0.05, 0.1) is 13.2 Å². The van der Waals surface area contributed by atoms with Crippen LogP contribution >= 0.6 is 0 Å². The molecule has 5 heteroatoms. The van der Waals surface area contributed by atoms with Gasteiger partial charge in [-0.05, 0) is 31.5 Å². The molecule has 0 spiro atoms. The maximum Gasteiger partial charge on any atom is 0.161 e. The Hall–Kier alpha value is -1.59. The summed E-state index contributed by atoms with van der Waals surface area (Å²) in [6, 6.07) is 5.32. The molecule has 0 fully saturated rings. The Labute approximate surface area is 107 Å². The van der Waals surface area contributed by atoms with Gasteiger partial charge >= 0.3 is 0 Å². The van der Waals surface area contributed by atoms with Crippen molar-refractivity contribution >= 4 is 17.2 Å². The molecule has 0 saturated heterocycles. The fourth-order valence-electron chi connectivity index (χ4n) is 1.54. The molecule has 0 atom stereocenters. The zero-order chi connectivity index (χ0) is 13.4. The first kappa shape index (κ1) is 14.5. The van der Waals surface area contributed by atoms with Gasteiger partial charge in [-0.2, -0.15) is 0 Å². The van der Waals surface area contributed by atoms with Gasteiger partial charge in [0.2, 0.25) is 0 Å². The molecule has 1 rings (SSSR count). The highest BCUT2D eigenvalue weighted by Gasteiger charge is 2.05. The molecule has 1 aromatic carbocycles. The van der Waals surface area contributed by atoms with E-state index in [1.807, 2.05) is 6.07 Å². The number of benzene rings is 1. The van der Waals surface area contributed by atoms with E-state index < -0.39 is 0 Å². The van der Waals surface area contributed by atoms with Crippen molar-refractivity contribution < 1.29 is 14.6 Å². The van der Waals surface area contributed by atoms with Gasteiger partial charge in [0.1, 0.15) is 0 Å². The van der Waals surface area contributed by atoms with Crippen molar-refractivity contribution in [3.63, 3.8) is 0 Å². The quantitative estimate of drug-likeness (QED) is 0.369. The number of Topliss-reactive ketones (excluding diaryl/α,β-unsaturated/α-hetero) is 1. The monoisotopic (exact) mass is 252 g/mol. The summed E-state index contributed by atoms with van der Waals surface area (Å²) in [5.74, 6) is -0.0394. The molecule has 1 aromatic rings. The molecule has 0 bridgehead atoms. The molecule has 0 aliphatic heterocycles. The third-order valence-corrected chi connectivity index (χ3v) is 2.46. The SMILES string of the molecule is CC(=O)c1cc(NCCCOCCO)ccc1N. The number of hydrogen-bond donors (Lipinski definition) is 3. The number of ketones is 1. The highest BCUT2D eigenvalue weighted by atomic mass is 16.5. The molecule has 0 unspecified atom stereocenters. The summed E-state index contributed by atoms with van der Waals surface area (Å²) in [5, 5.41) is 11.7. The molecule has 0 aliphatic carbocycles. The molecule has 0 aromatic heterocycles. The third-order valence-electron chi connectivity index (χ3n) is 2.46. The molecular weight excluding hydrogens is 232 g/mol. The molecule has 0 radical (unpaired) electrons. The Morgan fingerprint density at radius 1 is 1.44 bits per heavy atom. The van der Waals surface area contributed by atoms with E-state index in [1.165, 1.54) is 6.92 Å². The van der Waals surface area contributed by atoms with Gasteiger partial charge in [-0.3, -0.25) is 4.79 Å². The zero-order valence-corrected chi connectivity index (χ0v) is 10.6. The Morgan fingerprint density at radius 2 is 2.22 bits per heavy atom. The molecule has 0 amide bonds.